The first-order chi connectivity index (χ1) is 7.61. The maximum absolute atomic E-state index is 12.8. The Morgan fingerprint density at radius 3 is 2.12 bits per heavy atom. The average molecular weight is 248 g/mol. The number of halogens is 3. The largest absolute Gasteiger partial charge is 0.496 e. The van der Waals surface area contributed by atoms with Gasteiger partial charge in [0.1, 0.15) is 5.75 Å². The van der Waals surface area contributed by atoms with Crippen molar-refractivity contribution in [3.63, 3.8) is 0 Å². The summed E-state index contributed by atoms with van der Waals surface area (Å²) in [6.45, 7) is 4.04. The minimum Gasteiger partial charge on any atom is -0.496 e. The summed E-state index contributed by atoms with van der Waals surface area (Å²) in [6, 6.07) is 2.99. The highest BCUT2D eigenvalue weighted by atomic mass is 19.4. The van der Waals surface area contributed by atoms with E-state index in [0.29, 0.717) is 11.1 Å². The fourth-order valence-corrected chi connectivity index (χ4v) is 1.74. The number of aryl methyl sites for hydroxylation is 2. The molecule has 0 aromatic heterocycles. The molecule has 0 saturated carbocycles. The van der Waals surface area contributed by atoms with Crippen LogP contribution < -0.4 is 4.74 Å². The Kier molecular flexibility index (Phi) is 3.43. The average Bonchev–Trinajstić information content (AvgIpc) is 2.14. The van der Waals surface area contributed by atoms with Crippen LogP contribution in [0.5, 0.6) is 5.75 Å². The molecule has 1 rings (SSSR count). The number of alkyl halides is 3. The number of methoxy groups -OCH3 is 1. The van der Waals surface area contributed by atoms with Crippen molar-refractivity contribution < 1.29 is 23.0 Å². The van der Waals surface area contributed by atoms with Crippen molar-refractivity contribution >= 4 is 0 Å². The molecular weight excluding hydrogens is 233 g/mol. The highest BCUT2D eigenvalue weighted by Gasteiger charge is 2.52. The summed E-state index contributed by atoms with van der Waals surface area (Å²) in [5.74, 6) is 0.0675. The first-order valence-corrected chi connectivity index (χ1v) is 5.06. The molecule has 0 aliphatic rings. The molecule has 0 fully saturated rings. The molecule has 0 amide bonds. The van der Waals surface area contributed by atoms with Gasteiger partial charge in [-0.05, 0) is 32.4 Å². The van der Waals surface area contributed by atoms with Crippen LogP contribution in [0.4, 0.5) is 13.2 Å². The highest BCUT2D eigenvalue weighted by molar-refractivity contribution is 5.47. The predicted octanol–water partition coefficient (Wildman–Crippen LogP) is 3.08. The predicted molar refractivity (Wildman–Crippen MR) is 58.1 cm³/mol. The van der Waals surface area contributed by atoms with Crippen LogP contribution in [0.3, 0.4) is 0 Å². The van der Waals surface area contributed by atoms with Crippen LogP contribution in [0.1, 0.15) is 23.6 Å². The van der Waals surface area contributed by atoms with E-state index in [1.54, 1.807) is 19.9 Å². The van der Waals surface area contributed by atoms with Crippen LogP contribution in [0.2, 0.25) is 0 Å². The first kappa shape index (κ1) is 13.8. The lowest BCUT2D eigenvalue weighted by Crippen LogP contribution is -2.39. The summed E-state index contributed by atoms with van der Waals surface area (Å²) in [5.41, 5.74) is -1.98. The van der Waals surface area contributed by atoms with Gasteiger partial charge in [0.2, 0.25) is 0 Å². The fourth-order valence-electron chi connectivity index (χ4n) is 1.74. The van der Waals surface area contributed by atoms with E-state index >= 15 is 0 Å². The van der Waals surface area contributed by atoms with Crippen molar-refractivity contribution in [2.45, 2.75) is 32.5 Å². The van der Waals surface area contributed by atoms with Crippen molar-refractivity contribution in [1.29, 1.82) is 0 Å². The molecule has 1 unspecified atom stereocenters. The van der Waals surface area contributed by atoms with Gasteiger partial charge in [-0.2, -0.15) is 13.2 Å². The highest BCUT2D eigenvalue weighted by Crippen LogP contribution is 2.43. The molecule has 0 saturated heterocycles. The van der Waals surface area contributed by atoms with Crippen molar-refractivity contribution in [1.82, 2.24) is 0 Å². The molecular formula is C12H15F3O2. The van der Waals surface area contributed by atoms with Crippen LogP contribution in [-0.2, 0) is 5.60 Å². The van der Waals surface area contributed by atoms with Crippen LogP contribution in [0, 0.1) is 13.8 Å². The van der Waals surface area contributed by atoms with Crippen LogP contribution >= 0.6 is 0 Å². The lowest BCUT2D eigenvalue weighted by atomic mass is 9.91. The normalized spacial score (nSPS) is 15.5. The molecule has 0 radical (unpaired) electrons. The monoisotopic (exact) mass is 248 g/mol. The molecule has 1 aromatic carbocycles. The van der Waals surface area contributed by atoms with Gasteiger partial charge in [0.25, 0.3) is 0 Å². The van der Waals surface area contributed by atoms with Gasteiger partial charge < -0.3 is 9.84 Å². The van der Waals surface area contributed by atoms with Crippen LogP contribution in [0.15, 0.2) is 12.1 Å². The maximum atomic E-state index is 12.8. The lowest BCUT2D eigenvalue weighted by molar-refractivity contribution is -0.259. The standard InChI is InChI=1S/C12H15F3O2/c1-7-5-8(2)10(17-4)9(6-7)11(3,16)12(13,14)15/h5-6,16H,1-4H3. The number of aliphatic hydroxyl groups is 1. The third-order valence-electron chi connectivity index (χ3n) is 2.70. The Hall–Kier alpha value is -1.23. The lowest BCUT2D eigenvalue weighted by Gasteiger charge is -2.29. The van der Waals surface area contributed by atoms with Gasteiger partial charge in [0.05, 0.1) is 7.11 Å². The van der Waals surface area contributed by atoms with Gasteiger partial charge in [-0.1, -0.05) is 11.6 Å². The molecule has 1 N–H and O–H groups in total. The van der Waals surface area contributed by atoms with E-state index in [4.69, 9.17) is 4.74 Å². The SMILES string of the molecule is COc1c(C)cc(C)cc1C(C)(O)C(F)(F)F. The third-order valence-corrected chi connectivity index (χ3v) is 2.70. The molecule has 0 aliphatic heterocycles. The summed E-state index contributed by atoms with van der Waals surface area (Å²) in [7, 11) is 1.29. The number of hydrogen-bond donors (Lipinski definition) is 1. The van der Waals surface area contributed by atoms with Crippen LogP contribution in [0.25, 0.3) is 0 Å². The molecule has 1 atom stereocenters. The summed E-state index contributed by atoms with van der Waals surface area (Å²) < 4.78 is 43.3. The summed E-state index contributed by atoms with van der Waals surface area (Å²) in [5, 5.41) is 9.68. The van der Waals surface area contributed by atoms with Gasteiger partial charge in [0, 0.05) is 5.56 Å². The van der Waals surface area contributed by atoms with Crippen molar-refractivity contribution in [3.05, 3.63) is 28.8 Å². The minimum absolute atomic E-state index is 0.0675. The molecule has 0 heterocycles. The molecule has 0 spiro atoms. The first-order valence-electron chi connectivity index (χ1n) is 5.06. The van der Waals surface area contributed by atoms with E-state index in [2.05, 4.69) is 0 Å². The summed E-state index contributed by atoms with van der Waals surface area (Å²) in [4.78, 5) is 0. The Balaban J connectivity index is 3.50. The topological polar surface area (TPSA) is 29.5 Å². The zero-order chi connectivity index (χ0) is 13.4. The number of benzene rings is 1. The molecule has 0 aliphatic carbocycles. The number of hydrogen-bond acceptors (Lipinski definition) is 2. The molecule has 96 valence electrons. The Labute approximate surface area is 98.0 Å². The molecule has 2 nitrogen and oxygen atoms in total. The van der Waals surface area contributed by atoms with Crippen molar-refractivity contribution in [2.75, 3.05) is 7.11 Å². The fraction of sp³-hybridized carbons (Fsp3) is 0.500. The van der Waals surface area contributed by atoms with E-state index in [-0.39, 0.29) is 11.3 Å². The summed E-state index contributed by atoms with van der Waals surface area (Å²) in [6.07, 6.45) is -4.75. The zero-order valence-corrected chi connectivity index (χ0v) is 10.1. The van der Waals surface area contributed by atoms with Gasteiger partial charge in [-0.25, -0.2) is 0 Å². The van der Waals surface area contributed by atoms with Crippen molar-refractivity contribution in [3.8, 4) is 5.75 Å². The Morgan fingerprint density at radius 1 is 1.18 bits per heavy atom. The molecule has 0 bridgehead atoms. The second kappa shape index (κ2) is 4.22. The number of ether oxygens (including phenoxy) is 1. The molecule has 1 aromatic rings. The second-order valence-electron chi connectivity index (χ2n) is 4.23. The smallest absolute Gasteiger partial charge is 0.421 e. The van der Waals surface area contributed by atoms with Gasteiger partial charge in [-0.3, -0.25) is 0 Å². The van der Waals surface area contributed by atoms with Crippen LogP contribution in [-0.4, -0.2) is 18.4 Å². The summed E-state index contributed by atoms with van der Waals surface area (Å²) >= 11 is 0. The molecule has 17 heavy (non-hydrogen) atoms. The van der Waals surface area contributed by atoms with Gasteiger partial charge >= 0.3 is 6.18 Å². The van der Waals surface area contributed by atoms with Gasteiger partial charge in [0.15, 0.2) is 5.60 Å². The van der Waals surface area contributed by atoms with E-state index in [9.17, 15) is 18.3 Å². The molecule has 5 heteroatoms. The zero-order valence-electron chi connectivity index (χ0n) is 10.1. The quantitative estimate of drug-likeness (QED) is 0.871. The van der Waals surface area contributed by atoms with E-state index in [1.165, 1.54) is 13.2 Å². The third kappa shape index (κ3) is 2.39. The van der Waals surface area contributed by atoms with E-state index in [0.717, 1.165) is 6.92 Å². The Bertz CT molecular complexity index is 422. The van der Waals surface area contributed by atoms with E-state index in [1.807, 2.05) is 0 Å². The number of rotatable bonds is 2. The van der Waals surface area contributed by atoms with Gasteiger partial charge in [-0.15, -0.1) is 0 Å². The Morgan fingerprint density at radius 2 is 1.71 bits per heavy atom. The second-order valence-corrected chi connectivity index (χ2v) is 4.23. The maximum Gasteiger partial charge on any atom is 0.421 e. The minimum atomic E-state index is -4.75. The van der Waals surface area contributed by atoms with E-state index < -0.39 is 11.8 Å². The van der Waals surface area contributed by atoms with Crippen molar-refractivity contribution in [2.24, 2.45) is 0 Å².